The number of ether oxygens (including phenoxy) is 1. The van der Waals surface area contributed by atoms with Crippen LogP contribution in [0.15, 0.2) is 18.2 Å². The Morgan fingerprint density at radius 3 is 2.20 bits per heavy atom. The largest absolute Gasteiger partial charge is 0.457 e. The van der Waals surface area contributed by atoms with Crippen LogP contribution in [-0.2, 0) is 9.53 Å². The van der Waals surface area contributed by atoms with Gasteiger partial charge >= 0.3 is 5.97 Å². The molecule has 4 aliphatic carbocycles. The van der Waals surface area contributed by atoms with Crippen LogP contribution in [0.2, 0.25) is 0 Å². The Labute approximate surface area is 150 Å². The third-order valence-electron chi connectivity index (χ3n) is 6.73. The molecule has 0 aromatic heterocycles. The van der Waals surface area contributed by atoms with E-state index in [4.69, 9.17) is 4.74 Å². The highest BCUT2D eigenvalue weighted by atomic mass is 16.5. The molecule has 3 heteroatoms. The van der Waals surface area contributed by atoms with Crippen molar-refractivity contribution in [1.82, 2.24) is 0 Å². The standard InChI is InChI=1S/C22H28O3/c1-14-3-4-19(15(2)5-14)20(23)13-25-21(24)12-22-9-16-6-17(10-22)8-18(7-16)11-22/h3-5,16-18H,6-13H2,1-2H3. The van der Waals surface area contributed by atoms with Gasteiger partial charge in [-0.3, -0.25) is 9.59 Å². The van der Waals surface area contributed by atoms with Crippen molar-refractivity contribution in [3.63, 3.8) is 0 Å². The van der Waals surface area contributed by atoms with Crippen molar-refractivity contribution < 1.29 is 14.3 Å². The Morgan fingerprint density at radius 2 is 1.64 bits per heavy atom. The summed E-state index contributed by atoms with van der Waals surface area (Å²) in [5.41, 5.74) is 2.91. The van der Waals surface area contributed by atoms with Gasteiger partial charge in [0.1, 0.15) is 0 Å². The molecule has 0 atom stereocenters. The number of Topliss-reactive ketones (excluding diaryl/α,β-unsaturated/α-hetero) is 1. The highest BCUT2D eigenvalue weighted by Gasteiger charge is 2.51. The maximum atomic E-state index is 12.4. The first kappa shape index (κ1) is 16.8. The summed E-state index contributed by atoms with van der Waals surface area (Å²) < 4.78 is 5.39. The molecule has 0 heterocycles. The minimum Gasteiger partial charge on any atom is -0.457 e. The highest BCUT2D eigenvalue weighted by Crippen LogP contribution is 2.61. The van der Waals surface area contributed by atoms with Gasteiger partial charge in [-0.15, -0.1) is 0 Å². The lowest BCUT2D eigenvalue weighted by molar-refractivity contribution is -0.150. The van der Waals surface area contributed by atoms with Gasteiger partial charge in [0, 0.05) is 5.56 Å². The van der Waals surface area contributed by atoms with Crippen molar-refractivity contribution in [3.8, 4) is 0 Å². The summed E-state index contributed by atoms with van der Waals surface area (Å²) in [7, 11) is 0. The van der Waals surface area contributed by atoms with E-state index in [9.17, 15) is 9.59 Å². The number of aryl methyl sites for hydroxylation is 2. The molecule has 4 bridgehead atoms. The number of carbonyl (C=O) groups is 2. The fraction of sp³-hybridized carbons (Fsp3) is 0.636. The molecule has 4 fully saturated rings. The zero-order chi connectivity index (χ0) is 17.6. The number of rotatable bonds is 5. The van der Waals surface area contributed by atoms with Crippen molar-refractivity contribution in [2.75, 3.05) is 6.61 Å². The van der Waals surface area contributed by atoms with E-state index >= 15 is 0 Å². The molecule has 0 spiro atoms. The predicted molar refractivity (Wildman–Crippen MR) is 96.4 cm³/mol. The van der Waals surface area contributed by atoms with Crippen LogP contribution in [0.1, 0.15) is 66.4 Å². The van der Waals surface area contributed by atoms with E-state index < -0.39 is 0 Å². The molecule has 0 amide bonds. The number of carbonyl (C=O) groups excluding carboxylic acids is 2. The van der Waals surface area contributed by atoms with Crippen LogP contribution >= 0.6 is 0 Å². The molecular formula is C22H28O3. The van der Waals surface area contributed by atoms with Crippen molar-refractivity contribution in [3.05, 3.63) is 34.9 Å². The number of benzene rings is 1. The quantitative estimate of drug-likeness (QED) is 0.579. The van der Waals surface area contributed by atoms with E-state index in [1.807, 2.05) is 32.0 Å². The lowest BCUT2D eigenvalue weighted by Gasteiger charge is -2.56. The summed E-state index contributed by atoms with van der Waals surface area (Å²) >= 11 is 0. The predicted octanol–water partition coefficient (Wildman–Crippen LogP) is 4.64. The molecule has 1 aromatic rings. The topological polar surface area (TPSA) is 43.4 Å². The summed E-state index contributed by atoms with van der Waals surface area (Å²) in [6.45, 7) is 3.80. The van der Waals surface area contributed by atoms with Gasteiger partial charge in [-0.05, 0) is 81.1 Å². The average Bonchev–Trinajstić information content (AvgIpc) is 2.50. The van der Waals surface area contributed by atoms with E-state index in [2.05, 4.69) is 0 Å². The molecule has 0 aliphatic heterocycles. The SMILES string of the molecule is Cc1ccc(C(=O)COC(=O)CC23CC4CC(CC(C4)C2)C3)c(C)c1. The molecule has 0 saturated heterocycles. The van der Waals surface area contributed by atoms with Crippen molar-refractivity contribution in [2.24, 2.45) is 23.2 Å². The van der Waals surface area contributed by atoms with Crippen LogP contribution in [0.3, 0.4) is 0 Å². The molecule has 5 rings (SSSR count). The lowest BCUT2D eigenvalue weighted by Crippen LogP contribution is -2.47. The molecule has 0 unspecified atom stereocenters. The molecule has 0 N–H and O–H groups in total. The zero-order valence-corrected chi connectivity index (χ0v) is 15.3. The molecular weight excluding hydrogens is 312 g/mol. The number of esters is 1. The lowest BCUT2D eigenvalue weighted by atomic mass is 9.49. The summed E-state index contributed by atoms with van der Waals surface area (Å²) in [5.74, 6) is 2.21. The van der Waals surface area contributed by atoms with E-state index in [0.717, 1.165) is 28.9 Å². The normalized spacial score (nSPS) is 32.6. The van der Waals surface area contributed by atoms with Crippen LogP contribution in [0.4, 0.5) is 0 Å². The molecule has 1 aromatic carbocycles. The first-order valence-electron chi connectivity index (χ1n) is 9.68. The molecule has 25 heavy (non-hydrogen) atoms. The van der Waals surface area contributed by atoms with Crippen molar-refractivity contribution >= 4 is 11.8 Å². The van der Waals surface area contributed by atoms with Gasteiger partial charge in [-0.1, -0.05) is 23.8 Å². The summed E-state index contributed by atoms with van der Waals surface area (Å²) in [6.07, 6.45) is 8.21. The Morgan fingerprint density at radius 1 is 1.04 bits per heavy atom. The van der Waals surface area contributed by atoms with Gasteiger partial charge in [-0.2, -0.15) is 0 Å². The van der Waals surface area contributed by atoms with Gasteiger partial charge in [0.15, 0.2) is 6.61 Å². The molecule has 4 saturated carbocycles. The minimum atomic E-state index is -0.180. The van der Waals surface area contributed by atoms with E-state index in [1.54, 1.807) is 0 Å². The van der Waals surface area contributed by atoms with Crippen LogP contribution in [0.25, 0.3) is 0 Å². The second-order valence-corrected chi connectivity index (χ2v) is 9.00. The van der Waals surface area contributed by atoms with Gasteiger partial charge < -0.3 is 4.74 Å². The molecule has 4 aliphatic rings. The number of hydrogen-bond acceptors (Lipinski definition) is 3. The Kier molecular flexibility index (Phi) is 4.21. The van der Waals surface area contributed by atoms with Gasteiger partial charge in [0.05, 0.1) is 6.42 Å². The Balaban J connectivity index is 1.34. The van der Waals surface area contributed by atoms with Crippen molar-refractivity contribution in [1.29, 1.82) is 0 Å². The second-order valence-electron chi connectivity index (χ2n) is 9.00. The fourth-order valence-electron chi connectivity index (χ4n) is 6.21. The van der Waals surface area contributed by atoms with E-state index in [0.29, 0.717) is 12.0 Å². The van der Waals surface area contributed by atoms with E-state index in [1.165, 1.54) is 38.5 Å². The minimum absolute atomic E-state index is 0.101. The summed E-state index contributed by atoms with van der Waals surface area (Å²) in [6, 6.07) is 5.75. The maximum absolute atomic E-state index is 12.4. The smallest absolute Gasteiger partial charge is 0.306 e. The zero-order valence-electron chi connectivity index (χ0n) is 15.3. The summed E-state index contributed by atoms with van der Waals surface area (Å²) in [5, 5.41) is 0. The number of ketones is 1. The summed E-state index contributed by atoms with van der Waals surface area (Å²) in [4.78, 5) is 24.8. The van der Waals surface area contributed by atoms with Crippen LogP contribution in [0.5, 0.6) is 0 Å². The van der Waals surface area contributed by atoms with Crippen LogP contribution < -0.4 is 0 Å². The Bertz CT molecular complexity index is 668. The highest BCUT2D eigenvalue weighted by molar-refractivity contribution is 5.99. The number of hydrogen-bond donors (Lipinski definition) is 0. The Hall–Kier alpha value is -1.64. The average molecular weight is 340 g/mol. The fourth-order valence-corrected chi connectivity index (χ4v) is 6.21. The third kappa shape index (κ3) is 3.38. The molecule has 3 nitrogen and oxygen atoms in total. The van der Waals surface area contributed by atoms with Gasteiger partial charge in [-0.25, -0.2) is 0 Å². The van der Waals surface area contributed by atoms with E-state index in [-0.39, 0.29) is 23.8 Å². The molecule has 134 valence electrons. The van der Waals surface area contributed by atoms with Crippen LogP contribution in [-0.4, -0.2) is 18.4 Å². The van der Waals surface area contributed by atoms with Gasteiger partial charge in [0.25, 0.3) is 0 Å². The first-order chi connectivity index (χ1) is 11.9. The third-order valence-corrected chi connectivity index (χ3v) is 6.73. The monoisotopic (exact) mass is 340 g/mol. The maximum Gasteiger partial charge on any atom is 0.306 e. The second kappa shape index (κ2) is 6.26. The first-order valence-corrected chi connectivity index (χ1v) is 9.68. The van der Waals surface area contributed by atoms with Crippen LogP contribution in [0, 0.1) is 37.0 Å². The van der Waals surface area contributed by atoms with Gasteiger partial charge in [0.2, 0.25) is 5.78 Å². The van der Waals surface area contributed by atoms with Crippen molar-refractivity contribution in [2.45, 2.75) is 58.8 Å². The molecule has 0 radical (unpaired) electrons.